The first-order chi connectivity index (χ1) is 16.0. The molecule has 0 saturated heterocycles. The molecule has 0 fully saturated rings. The van der Waals surface area contributed by atoms with Crippen molar-refractivity contribution in [1.29, 1.82) is 5.26 Å². The van der Waals surface area contributed by atoms with Crippen LogP contribution in [-0.2, 0) is 17.6 Å². The predicted molar refractivity (Wildman–Crippen MR) is 122 cm³/mol. The highest BCUT2D eigenvalue weighted by atomic mass is 32.2. The Kier molecular flexibility index (Phi) is 7.10. The van der Waals surface area contributed by atoms with Crippen LogP contribution < -0.4 is 15.9 Å². The number of amides is 1. The number of hydrogen-bond donors (Lipinski definition) is 2. The number of nitrogens with one attached hydrogen (secondary N) is 1. The Labute approximate surface area is 196 Å². The molecule has 1 aromatic carbocycles. The summed E-state index contributed by atoms with van der Waals surface area (Å²) in [6, 6.07) is 8.09. The molecule has 1 aliphatic carbocycles. The number of nitrogen functional groups attached to an aromatic ring is 1. The molecule has 4 rings (SSSR count). The van der Waals surface area contributed by atoms with Gasteiger partial charge in [-0.05, 0) is 55.5 Å². The molecule has 0 atom stereocenters. The summed E-state index contributed by atoms with van der Waals surface area (Å²) in [6.07, 6.45) is 5.11. The number of nitrogens with two attached hydrogens (primary N) is 1. The number of benzene rings is 1. The van der Waals surface area contributed by atoms with Crippen LogP contribution in [0.4, 0.5) is 13.8 Å². The van der Waals surface area contributed by atoms with E-state index < -0.39 is 6.61 Å². The molecule has 1 aliphatic rings. The van der Waals surface area contributed by atoms with Crippen LogP contribution in [-0.4, -0.2) is 33.1 Å². The summed E-state index contributed by atoms with van der Waals surface area (Å²) in [5.41, 5.74) is 2.19. The van der Waals surface area contributed by atoms with Gasteiger partial charge in [0, 0.05) is 10.4 Å². The lowest BCUT2D eigenvalue weighted by Gasteiger charge is -2.06. The second kappa shape index (κ2) is 10.2. The van der Waals surface area contributed by atoms with Crippen molar-refractivity contribution in [1.82, 2.24) is 14.9 Å². The van der Waals surface area contributed by atoms with E-state index in [1.54, 1.807) is 0 Å². The standard InChI is InChI=1S/C21H20F2N6O2S2/c22-20(23)31-13-8-6-12(7-9-13)18-27-28-21(29(18)25)32-11-17(30)26-19-15(10-24)14-4-2-1-3-5-16(14)33-19/h6-9,20H,1-5,11,25H2,(H,26,30). The average molecular weight is 491 g/mol. The largest absolute Gasteiger partial charge is 0.435 e. The number of rotatable bonds is 7. The topological polar surface area (TPSA) is 119 Å². The number of anilines is 1. The second-order valence-electron chi connectivity index (χ2n) is 7.30. The van der Waals surface area contributed by atoms with E-state index in [4.69, 9.17) is 5.84 Å². The highest BCUT2D eigenvalue weighted by Gasteiger charge is 2.21. The smallest absolute Gasteiger partial charge is 0.387 e. The first kappa shape index (κ1) is 23.0. The number of aromatic nitrogens is 3. The van der Waals surface area contributed by atoms with Gasteiger partial charge in [0.1, 0.15) is 16.8 Å². The summed E-state index contributed by atoms with van der Waals surface area (Å²) < 4.78 is 30.2. The van der Waals surface area contributed by atoms with Gasteiger partial charge in [-0.3, -0.25) is 4.79 Å². The van der Waals surface area contributed by atoms with E-state index in [0.29, 0.717) is 27.1 Å². The zero-order valence-electron chi connectivity index (χ0n) is 17.4. The fraction of sp³-hybridized carbons (Fsp3) is 0.333. The van der Waals surface area contributed by atoms with Gasteiger partial charge in [0.15, 0.2) is 5.82 Å². The maximum Gasteiger partial charge on any atom is 0.387 e. The number of carbonyl (C=O) groups is 1. The zero-order valence-corrected chi connectivity index (χ0v) is 19.0. The Morgan fingerprint density at radius 2 is 2.03 bits per heavy atom. The summed E-state index contributed by atoms with van der Waals surface area (Å²) in [6.45, 7) is -2.91. The maximum atomic E-state index is 12.5. The molecule has 2 aromatic heterocycles. The first-order valence-electron chi connectivity index (χ1n) is 10.2. The van der Waals surface area contributed by atoms with Crippen molar-refractivity contribution in [2.75, 3.05) is 16.9 Å². The molecule has 2 heterocycles. The van der Waals surface area contributed by atoms with Crippen molar-refractivity contribution in [2.45, 2.75) is 43.9 Å². The molecule has 12 heteroatoms. The molecule has 172 valence electrons. The quantitative estimate of drug-likeness (QED) is 0.289. The van der Waals surface area contributed by atoms with E-state index in [-0.39, 0.29) is 17.4 Å². The maximum absolute atomic E-state index is 12.5. The third kappa shape index (κ3) is 5.26. The van der Waals surface area contributed by atoms with Gasteiger partial charge in [0.25, 0.3) is 0 Å². The van der Waals surface area contributed by atoms with Crippen LogP contribution in [0.15, 0.2) is 29.4 Å². The van der Waals surface area contributed by atoms with Gasteiger partial charge in [-0.15, -0.1) is 21.5 Å². The second-order valence-corrected chi connectivity index (χ2v) is 9.34. The Balaban J connectivity index is 1.40. The molecule has 0 spiro atoms. The van der Waals surface area contributed by atoms with Gasteiger partial charge in [0.05, 0.1) is 11.3 Å². The number of aryl methyl sites for hydroxylation is 1. The number of thioether (sulfide) groups is 1. The molecule has 0 unspecified atom stereocenters. The van der Waals surface area contributed by atoms with Crippen molar-refractivity contribution in [3.8, 4) is 23.2 Å². The van der Waals surface area contributed by atoms with Crippen LogP contribution in [0, 0.1) is 11.3 Å². The lowest BCUT2D eigenvalue weighted by atomic mass is 10.1. The SMILES string of the molecule is N#Cc1c(NC(=O)CSc2nnc(-c3ccc(OC(F)F)cc3)n2N)sc2c1CCCCC2. The van der Waals surface area contributed by atoms with E-state index in [1.165, 1.54) is 45.2 Å². The third-order valence-electron chi connectivity index (χ3n) is 5.12. The van der Waals surface area contributed by atoms with Crippen molar-refractivity contribution in [3.63, 3.8) is 0 Å². The Morgan fingerprint density at radius 3 is 2.76 bits per heavy atom. The molecule has 0 aliphatic heterocycles. The molecule has 1 amide bonds. The monoisotopic (exact) mass is 490 g/mol. The van der Waals surface area contributed by atoms with Gasteiger partial charge in [-0.25, -0.2) is 4.68 Å². The Morgan fingerprint density at radius 1 is 1.27 bits per heavy atom. The summed E-state index contributed by atoms with van der Waals surface area (Å²) >= 11 is 2.58. The molecule has 0 radical (unpaired) electrons. The van der Waals surface area contributed by atoms with Crippen molar-refractivity contribution in [2.24, 2.45) is 0 Å². The van der Waals surface area contributed by atoms with Gasteiger partial charge >= 0.3 is 6.61 Å². The minimum atomic E-state index is -2.91. The fourth-order valence-electron chi connectivity index (χ4n) is 3.60. The van der Waals surface area contributed by atoms with Crippen LogP contribution in [0.2, 0.25) is 0 Å². The normalized spacial score (nSPS) is 13.3. The summed E-state index contributed by atoms with van der Waals surface area (Å²) in [7, 11) is 0. The van der Waals surface area contributed by atoms with Crippen molar-refractivity contribution in [3.05, 3.63) is 40.3 Å². The zero-order chi connectivity index (χ0) is 23.4. The molecular formula is C21H20F2N6O2S2. The van der Waals surface area contributed by atoms with Crippen LogP contribution in [0.25, 0.3) is 11.4 Å². The molecule has 3 N–H and O–H groups in total. The minimum absolute atomic E-state index is 0.0192. The molecule has 8 nitrogen and oxygen atoms in total. The van der Waals surface area contributed by atoms with Gasteiger partial charge < -0.3 is 15.9 Å². The summed E-state index contributed by atoms with van der Waals surface area (Å²) in [5, 5.41) is 21.4. The highest BCUT2D eigenvalue weighted by Crippen LogP contribution is 2.37. The number of carbonyl (C=O) groups excluding carboxylic acids is 1. The fourth-order valence-corrected chi connectivity index (χ4v) is 5.51. The molecule has 0 saturated carbocycles. The van der Waals surface area contributed by atoms with Crippen molar-refractivity contribution >= 4 is 34.0 Å². The molecule has 0 bridgehead atoms. The van der Waals surface area contributed by atoms with Gasteiger partial charge in [0.2, 0.25) is 11.1 Å². The van der Waals surface area contributed by atoms with E-state index in [1.807, 2.05) is 0 Å². The first-order valence-corrected chi connectivity index (χ1v) is 12.0. The van der Waals surface area contributed by atoms with E-state index in [0.717, 1.165) is 49.4 Å². The third-order valence-corrected chi connectivity index (χ3v) is 7.27. The number of nitriles is 1. The average Bonchev–Trinajstić information content (AvgIpc) is 3.22. The van der Waals surface area contributed by atoms with Crippen LogP contribution in [0.5, 0.6) is 5.75 Å². The Hall–Kier alpha value is -3.17. The molecular weight excluding hydrogens is 470 g/mol. The van der Waals surface area contributed by atoms with Gasteiger partial charge in [-0.2, -0.15) is 14.0 Å². The van der Waals surface area contributed by atoms with Gasteiger partial charge in [-0.1, -0.05) is 18.2 Å². The van der Waals surface area contributed by atoms with E-state index >= 15 is 0 Å². The summed E-state index contributed by atoms with van der Waals surface area (Å²) in [4.78, 5) is 13.7. The number of thiophene rings is 1. The number of alkyl halides is 2. The number of fused-ring (bicyclic) bond motifs is 1. The lowest BCUT2D eigenvalue weighted by molar-refractivity contribution is -0.113. The van der Waals surface area contributed by atoms with E-state index in [9.17, 15) is 18.8 Å². The van der Waals surface area contributed by atoms with E-state index in [2.05, 4.69) is 26.3 Å². The molecule has 3 aromatic rings. The Bertz CT molecular complexity index is 1190. The van der Waals surface area contributed by atoms with Crippen molar-refractivity contribution < 1.29 is 18.3 Å². The van der Waals surface area contributed by atoms with Crippen LogP contribution in [0.3, 0.4) is 0 Å². The number of halogens is 2. The minimum Gasteiger partial charge on any atom is -0.435 e. The highest BCUT2D eigenvalue weighted by molar-refractivity contribution is 7.99. The predicted octanol–water partition coefficient (Wildman–Crippen LogP) is 4.19. The lowest BCUT2D eigenvalue weighted by Crippen LogP contribution is -2.16. The van der Waals surface area contributed by atoms with Crippen LogP contribution >= 0.6 is 23.1 Å². The van der Waals surface area contributed by atoms with Crippen LogP contribution in [0.1, 0.15) is 35.3 Å². The summed E-state index contributed by atoms with van der Waals surface area (Å²) in [5.74, 6) is 6.16. The molecule has 33 heavy (non-hydrogen) atoms. The number of ether oxygens (including phenoxy) is 1. The number of nitrogens with zero attached hydrogens (tertiary/aromatic N) is 4. The number of hydrogen-bond acceptors (Lipinski definition) is 8.